The lowest BCUT2D eigenvalue weighted by atomic mass is 9.84. The molecule has 200 valence electrons. The third-order valence-corrected chi connectivity index (χ3v) is 7.82. The standard InChI is InChI=1S/C28H29F3N4O3/c29-22-14-17(15-23(30)25(22)31)3-4-24(36)34-10-7-19(8-11-34)26(28(37)38)35-12-5-18(6-13-35)21-16-33-27-20(21)2-1-9-32-27/h1-4,9,14-16,18-19,26H,5-8,10-13H2,(H,32,33)(H,37,38)/b4-3+. The second-order valence-electron chi connectivity index (χ2n) is 10.0. The number of aliphatic carboxylic acids is 1. The topological polar surface area (TPSA) is 89.5 Å². The largest absolute Gasteiger partial charge is 0.480 e. The molecule has 5 rings (SSSR count). The third kappa shape index (κ3) is 5.31. The zero-order valence-electron chi connectivity index (χ0n) is 20.7. The van der Waals surface area contributed by atoms with E-state index in [4.69, 9.17) is 0 Å². The number of fused-ring (bicyclic) bond motifs is 1. The lowest BCUT2D eigenvalue weighted by Crippen LogP contribution is -2.52. The van der Waals surface area contributed by atoms with Crippen LogP contribution in [-0.4, -0.2) is 69.0 Å². The van der Waals surface area contributed by atoms with Crippen molar-refractivity contribution in [1.29, 1.82) is 0 Å². The van der Waals surface area contributed by atoms with Gasteiger partial charge in [-0.15, -0.1) is 0 Å². The Kier molecular flexibility index (Phi) is 7.51. The first kappa shape index (κ1) is 26.0. The van der Waals surface area contributed by atoms with Crippen LogP contribution in [0.5, 0.6) is 0 Å². The van der Waals surface area contributed by atoms with Crippen molar-refractivity contribution in [2.45, 2.75) is 37.6 Å². The molecule has 2 N–H and O–H groups in total. The Balaban J connectivity index is 1.17. The SMILES string of the molecule is O=C(O)C(C1CCN(C(=O)/C=C/c2cc(F)c(F)c(F)c2)CC1)N1CCC(c2c[nH]c3ncccc23)CC1. The molecular weight excluding hydrogens is 497 g/mol. The number of piperidine rings is 2. The van der Waals surface area contributed by atoms with Crippen molar-refractivity contribution in [1.82, 2.24) is 19.8 Å². The Morgan fingerprint density at radius 1 is 1.05 bits per heavy atom. The van der Waals surface area contributed by atoms with Crippen LogP contribution in [0.1, 0.15) is 42.7 Å². The quantitative estimate of drug-likeness (QED) is 0.363. The molecule has 2 aromatic heterocycles. The molecular formula is C28H29F3N4O3. The predicted molar refractivity (Wildman–Crippen MR) is 136 cm³/mol. The summed E-state index contributed by atoms with van der Waals surface area (Å²) in [5, 5.41) is 11.2. The fraction of sp³-hybridized carbons (Fsp3) is 0.393. The van der Waals surface area contributed by atoms with Crippen molar-refractivity contribution in [3.63, 3.8) is 0 Å². The van der Waals surface area contributed by atoms with Gasteiger partial charge in [0.1, 0.15) is 11.7 Å². The summed E-state index contributed by atoms with van der Waals surface area (Å²) in [4.78, 5) is 36.1. The van der Waals surface area contributed by atoms with E-state index in [2.05, 4.69) is 20.9 Å². The van der Waals surface area contributed by atoms with Gasteiger partial charge in [0, 0.05) is 36.9 Å². The highest BCUT2D eigenvalue weighted by molar-refractivity contribution is 5.91. The number of rotatable bonds is 6. The van der Waals surface area contributed by atoms with Gasteiger partial charge in [0.25, 0.3) is 0 Å². The van der Waals surface area contributed by atoms with E-state index >= 15 is 0 Å². The molecule has 1 aromatic carbocycles. The van der Waals surface area contributed by atoms with Crippen LogP contribution in [0.15, 0.2) is 42.7 Å². The van der Waals surface area contributed by atoms with E-state index in [0.717, 1.165) is 36.0 Å². The van der Waals surface area contributed by atoms with Gasteiger partial charge in [-0.25, -0.2) is 18.2 Å². The summed E-state index contributed by atoms with van der Waals surface area (Å²) < 4.78 is 40.0. The molecule has 2 fully saturated rings. The van der Waals surface area contributed by atoms with Crippen molar-refractivity contribution < 1.29 is 27.9 Å². The summed E-state index contributed by atoms with van der Waals surface area (Å²) in [6.45, 7) is 2.15. The second kappa shape index (κ2) is 11.0. The number of pyridine rings is 1. The van der Waals surface area contributed by atoms with Crippen molar-refractivity contribution in [3.8, 4) is 0 Å². The van der Waals surface area contributed by atoms with E-state index in [-0.39, 0.29) is 17.4 Å². The molecule has 7 nitrogen and oxygen atoms in total. The number of halogens is 3. The molecule has 1 unspecified atom stereocenters. The van der Waals surface area contributed by atoms with E-state index < -0.39 is 29.5 Å². The van der Waals surface area contributed by atoms with Crippen LogP contribution in [0.3, 0.4) is 0 Å². The van der Waals surface area contributed by atoms with Crippen molar-refractivity contribution in [3.05, 3.63) is 71.3 Å². The number of hydrogen-bond donors (Lipinski definition) is 2. The lowest BCUT2D eigenvalue weighted by Gasteiger charge is -2.41. The molecule has 0 bridgehead atoms. The Hall–Kier alpha value is -3.66. The van der Waals surface area contributed by atoms with Crippen LogP contribution in [0.25, 0.3) is 17.1 Å². The number of benzene rings is 1. The number of carbonyl (C=O) groups excluding carboxylic acids is 1. The van der Waals surface area contributed by atoms with Crippen LogP contribution in [0.2, 0.25) is 0 Å². The minimum atomic E-state index is -1.55. The normalized spacial score (nSPS) is 18.9. The zero-order valence-corrected chi connectivity index (χ0v) is 20.7. The van der Waals surface area contributed by atoms with Gasteiger partial charge in [-0.1, -0.05) is 0 Å². The van der Waals surface area contributed by atoms with Crippen molar-refractivity contribution in [2.24, 2.45) is 5.92 Å². The molecule has 1 amide bonds. The number of nitrogens with zero attached hydrogens (tertiary/aromatic N) is 3. The van der Waals surface area contributed by atoms with Crippen LogP contribution >= 0.6 is 0 Å². The molecule has 2 saturated heterocycles. The average Bonchev–Trinajstić information content (AvgIpc) is 3.35. The first-order valence-corrected chi connectivity index (χ1v) is 12.8. The maximum Gasteiger partial charge on any atom is 0.321 e. The van der Waals surface area contributed by atoms with Gasteiger partial charge in [-0.3, -0.25) is 14.5 Å². The van der Waals surface area contributed by atoms with Crippen LogP contribution in [-0.2, 0) is 9.59 Å². The highest BCUT2D eigenvalue weighted by atomic mass is 19.2. The van der Waals surface area contributed by atoms with Crippen molar-refractivity contribution >= 4 is 29.0 Å². The number of hydrogen-bond acceptors (Lipinski definition) is 4. The fourth-order valence-corrected chi connectivity index (χ4v) is 5.84. The predicted octanol–water partition coefficient (Wildman–Crippen LogP) is 4.56. The molecule has 2 aliphatic rings. The maximum atomic E-state index is 13.4. The highest BCUT2D eigenvalue weighted by Crippen LogP contribution is 2.35. The number of likely N-dealkylation sites (tertiary alicyclic amines) is 2. The fourth-order valence-electron chi connectivity index (χ4n) is 5.84. The first-order valence-electron chi connectivity index (χ1n) is 12.8. The molecule has 0 saturated carbocycles. The lowest BCUT2D eigenvalue weighted by molar-refractivity contribution is -0.147. The van der Waals surface area contributed by atoms with Gasteiger partial charge < -0.3 is 15.0 Å². The molecule has 0 spiro atoms. The minimum absolute atomic E-state index is 0.0443. The molecule has 2 aliphatic heterocycles. The Bertz CT molecular complexity index is 1340. The molecule has 10 heteroatoms. The number of aromatic nitrogens is 2. The number of amides is 1. The number of nitrogens with one attached hydrogen (secondary N) is 1. The van der Waals surface area contributed by atoms with Gasteiger partial charge in [-0.05, 0) is 92.1 Å². The molecule has 4 heterocycles. The summed E-state index contributed by atoms with van der Waals surface area (Å²) in [5.41, 5.74) is 2.13. The second-order valence-corrected chi connectivity index (χ2v) is 10.0. The monoisotopic (exact) mass is 526 g/mol. The average molecular weight is 527 g/mol. The van der Waals surface area contributed by atoms with Crippen LogP contribution in [0, 0.1) is 23.4 Å². The smallest absolute Gasteiger partial charge is 0.321 e. The number of carbonyl (C=O) groups is 2. The molecule has 0 aliphatic carbocycles. The zero-order chi connectivity index (χ0) is 26.8. The van der Waals surface area contributed by atoms with Gasteiger partial charge in [0.15, 0.2) is 17.5 Å². The van der Waals surface area contributed by atoms with Crippen LogP contribution < -0.4 is 0 Å². The van der Waals surface area contributed by atoms with Gasteiger partial charge >= 0.3 is 5.97 Å². The van der Waals surface area contributed by atoms with Gasteiger partial charge in [0.05, 0.1) is 0 Å². The summed E-state index contributed by atoms with van der Waals surface area (Å²) >= 11 is 0. The Labute approximate surface area is 218 Å². The summed E-state index contributed by atoms with van der Waals surface area (Å²) in [6, 6.07) is 5.01. The number of aromatic amines is 1. The van der Waals surface area contributed by atoms with E-state index in [1.54, 1.807) is 11.1 Å². The molecule has 0 radical (unpaired) electrons. The number of carboxylic acids is 1. The van der Waals surface area contributed by atoms with Gasteiger partial charge in [0.2, 0.25) is 5.91 Å². The summed E-state index contributed by atoms with van der Waals surface area (Å²) in [6.07, 6.45) is 9.02. The Morgan fingerprint density at radius 3 is 2.39 bits per heavy atom. The van der Waals surface area contributed by atoms with Gasteiger partial charge in [-0.2, -0.15) is 0 Å². The summed E-state index contributed by atoms with van der Waals surface area (Å²) in [7, 11) is 0. The number of H-pyrrole nitrogens is 1. The first-order chi connectivity index (χ1) is 18.3. The van der Waals surface area contributed by atoms with E-state index in [0.29, 0.717) is 44.9 Å². The summed E-state index contributed by atoms with van der Waals surface area (Å²) in [5.74, 6) is -5.12. The van der Waals surface area contributed by atoms with E-state index in [1.807, 2.05) is 12.3 Å². The third-order valence-electron chi connectivity index (χ3n) is 7.82. The molecule has 38 heavy (non-hydrogen) atoms. The minimum Gasteiger partial charge on any atom is -0.480 e. The Morgan fingerprint density at radius 2 is 1.74 bits per heavy atom. The van der Waals surface area contributed by atoms with Crippen molar-refractivity contribution in [2.75, 3.05) is 26.2 Å². The number of carboxylic acid groups (broad SMARTS) is 1. The highest BCUT2D eigenvalue weighted by Gasteiger charge is 2.38. The van der Waals surface area contributed by atoms with Crippen LogP contribution in [0.4, 0.5) is 13.2 Å². The molecule has 3 aromatic rings. The van der Waals surface area contributed by atoms with E-state index in [9.17, 15) is 27.9 Å². The maximum absolute atomic E-state index is 13.4. The molecule has 1 atom stereocenters. The van der Waals surface area contributed by atoms with E-state index in [1.165, 1.54) is 17.7 Å².